The van der Waals surface area contributed by atoms with Crippen molar-refractivity contribution in [2.75, 3.05) is 10.6 Å². The Hall–Kier alpha value is -3.15. The van der Waals surface area contributed by atoms with E-state index in [1.807, 2.05) is 29.8 Å². The number of benzene rings is 2. The van der Waals surface area contributed by atoms with Gasteiger partial charge in [-0.05, 0) is 35.9 Å². The van der Waals surface area contributed by atoms with E-state index < -0.39 is 0 Å². The second-order valence-corrected chi connectivity index (χ2v) is 5.67. The van der Waals surface area contributed by atoms with Gasteiger partial charge < -0.3 is 15.2 Å². The number of imidazole rings is 1. The number of aryl methyl sites for hydroxylation is 1. The third kappa shape index (κ3) is 3.60. The number of anilines is 2. The highest BCUT2D eigenvalue weighted by Gasteiger charge is 2.07. The smallest absolute Gasteiger partial charge is 0.228 e. The third-order valence-corrected chi connectivity index (χ3v) is 3.62. The molecule has 24 heavy (non-hydrogen) atoms. The van der Waals surface area contributed by atoms with Crippen molar-refractivity contribution in [2.24, 2.45) is 7.05 Å². The number of carbonyl (C=O) groups is 2. The molecule has 0 aliphatic heterocycles. The third-order valence-electron chi connectivity index (χ3n) is 3.62. The minimum Gasteiger partial charge on any atom is -0.334 e. The predicted molar refractivity (Wildman–Crippen MR) is 93.8 cm³/mol. The molecule has 0 atom stereocenters. The van der Waals surface area contributed by atoms with E-state index in [2.05, 4.69) is 15.6 Å². The number of aromatic nitrogens is 2. The van der Waals surface area contributed by atoms with E-state index in [1.54, 1.807) is 30.6 Å². The van der Waals surface area contributed by atoms with Gasteiger partial charge in [0.15, 0.2) is 0 Å². The maximum absolute atomic E-state index is 12.2. The molecule has 0 radical (unpaired) electrons. The van der Waals surface area contributed by atoms with Crippen molar-refractivity contribution in [1.29, 1.82) is 0 Å². The zero-order chi connectivity index (χ0) is 17.1. The molecule has 6 heteroatoms. The summed E-state index contributed by atoms with van der Waals surface area (Å²) >= 11 is 0. The molecule has 0 unspecified atom stereocenters. The summed E-state index contributed by atoms with van der Waals surface area (Å²) in [6.07, 6.45) is 2.01. The summed E-state index contributed by atoms with van der Waals surface area (Å²) in [6.45, 7) is 1.44. The standard InChI is InChI=1S/C18H18N4O2/c1-12(23)20-14-4-3-5-15(10-14)21-18(24)9-13-6-7-17-16(8-13)19-11-22(17)2/h3-8,10-11H,9H2,1-2H3,(H,20,23)(H,21,24). The van der Waals surface area contributed by atoms with Crippen LogP contribution in [0.2, 0.25) is 0 Å². The molecule has 0 bridgehead atoms. The molecule has 3 aromatic rings. The van der Waals surface area contributed by atoms with Crippen LogP contribution in [0.1, 0.15) is 12.5 Å². The van der Waals surface area contributed by atoms with Crippen LogP contribution in [0.5, 0.6) is 0 Å². The van der Waals surface area contributed by atoms with Crippen LogP contribution in [-0.2, 0) is 23.1 Å². The second-order valence-electron chi connectivity index (χ2n) is 5.67. The highest BCUT2D eigenvalue weighted by molar-refractivity contribution is 5.94. The van der Waals surface area contributed by atoms with E-state index in [1.165, 1.54) is 6.92 Å². The molecule has 0 spiro atoms. The van der Waals surface area contributed by atoms with E-state index in [0.717, 1.165) is 16.6 Å². The van der Waals surface area contributed by atoms with Gasteiger partial charge in [0.1, 0.15) is 0 Å². The summed E-state index contributed by atoms with van der Waals surface area (Å²) < 4.78 is 1.94. The Morgan fingerprint density at radius 3 is 2.58 bits per heavy atom. The van der Waals surface area contributed by atoms with Crippen molar-refractivity contribution in [3.8, 4) is 0 Å². The molecule has 1 heterocycles. The Morgan fingerprint density at radius 1 is 1.08 bits per heavy atom. The molecule has 0 aliphatic carbocycles. The van der Waals surface area contributed by atoms with Gasteiger partial charge in [-0.3, -0.25) is 9.59 Å². The van der Waals surface area contributed by atoms with Crippen molar-refractivity contribution < 1.29 is 9.59 Å². The lowest BCUT2D eigenvalue weighted by atomic mass is 10.1. The average Bonchev–Trinajstić information content (AvgIpc) is 2.87. The van der Waals surface area contributed by atoms with Crippen LogP contribution in [0.3, 0.4) is 0 Å². The Bertz CT molecular complexity index is 914. The summed E-state index contributed by atoms with van der Waals surface area (Å²) in [5.41, 5.74) is 4.09. The quantitative estimate of drug-likeness (QED) is 0.775. The molecule has 0 saturated carbocycles. The van der Waals surface area contributed by atoms with Gasteiger partial charge in [0.2, 0.25) is 11.8 Å². The van der Waals surface area contributed by atoms with Gasteiger partial charge in [-0.1, -0.05) is 12.1 Å². The molecule has 0 saturated heterocycles. The Balaban J connectivity index is 1.69. The van der Waals surface area contributed by atoms with Crippen LogP contribution in [0.4, 0.5) is 11.4 Å². The number of rotatable bonds is 4. The second kappa shape index (κ2) is 6.54. The number of carbonyl (C=O) groups excluding carboxylic acids is 2. The number of fused-ring (bicyclic) bond motifs is 1. The summed E-state index contributed by atoms with van der Waals surface area (Å²) in [4.78, 5) is 27.6. The average molecular weight is 322 g/mol. The van der Waals surface area contributed by atoms with Gasteiger partial charge in [0, 0.05) is 25.3 Å². The van der Waals surface area contributed by atoms with Crippen LogP contribution in [0.25, 0.3) is 11.0 Å². The molecule has 6 nitrogen and oxygen atoms in total. The predicted octanol–water partition coefficient (Wildman–Crippen LogP) is 2.71. The molecule has 0 aliphatic rings. The van der Waals surface area contributed by atoms with Gasteiger partial charge in [0.05, 0.1) is 23.8 Å². The van der Waals surface area contributed by atoms with Gasteiger partial charge in [-0.2, -0.15) is 0 Å². The molecular formula is C18H18N4O2. The lowest BCUT2D eigenvalue weighted by molar-refractivity contribution is -0.115. The molecule has 3 rings (SSSR count). The fourth-order valence-electron chi connectivity index (χ4n) is 2.56. The largest absolute Gasteiger partial charge is 0.334 e. The minimum absolute atomic E-state index is 0.120. The molecule has 2 aromatic carbocycles. The van der Waals surface area contributed by atoms with Crippen molar-refractivity contribution >= 4 is 34.2 Å². The van der Waals surface area contributed by atoms with Crippen LogP contribution in [0.15, 0.2) is 48.8 Å². The topological polar surface area (TPSA) is 76.0 Å². The number of nitrogens with one attached hydrogen (secondary N) is 2. The van der Waals surface area contributed by atoms with Crippen LogP contribution in [0, 0.1) is 0 Å². The first-order chi connectivity index (χ1) is 11.5. The summed E-state index contributed by atoms with van der Waals surface area (Å²) in [5.74, 6) is -0.271. The minimum atomic E-state index is -0.151. The van der Waals surface area contributed by atoms with Gasteiger partial charge >= 0.3 is 0 Å². The number of nitrogens with zero attached hydrogens (tertiary/aromatic N) is 2. The summed E-state index contributed by atoms with van der Waals surface area (Å²) in [6, 6.07) is 12.9. The normalized spacial score (nSPS) is 10.6. The van der Waals surface area contributed by atoms with Crippen molar-refractivity contribution in [3.63, 3.8) is 0 Å². The Morgan fingerprint density at radius 2 is 1.83 bits per heavy atom. The maximum atomic E-state index is 12.2. The zero-order valence-electron chi connectivity index (χ0n) is 13.5. The van der Waals surface area contributed by atoms with Crippen LogP contribution < -0.4 is 10.6 Å². The number of hydrogen-bond donors (Lipinski definition) is 2. The molecule has 122 valence electrons. The van der Waals surface area contributed by atoms with Gasteiger partial charge in [0.25, 0.3) is 0 Å². The number of hydrogen-bond acceptors (Lipinski definition) is 3. The molecule has 0 fully saturated rings. The van der Waals surface area contributed by atoms with Crippen molar-refractivity contribution in [2.45, 2.75) is 13.3 Å². The van der Waals surface area contributed by atoms with E-state index in [9.17, 15) is 9.59 Å². The monoisotopic (exact) mass is 322 g/mol. The van der Waals surface area contributed by atoms with E-state index in [0.29, 0.717) is 11.4 Å². The molecular weight excluding hydrogens is 304 g/mol. The lowest BCUT2D eigenvalue weighted by Gasteiger charge is -2.08. The van der Waals surface area contributed by atoms with Gasteiger partial charge in [-0.25, -0.2) is 4.98 Å². The van der Waals surface area contributed by atoms with Crippen molar-refractivity contribution in [3.05, 3.63) is 54.4 Å². The fourth-order valence-corrected chi connectivity index (χ4v) is 2.56. The van der Waals surface area contributed by atoms with Crippen LogP contribution in [-0.4, -0.2) is 21.4 Å². The summed E-state index contributed by atoms with van der Waals surface area (Å²) in [7, 11) is 1.93. The number of amides is 2. The molecule has 1 aromatic heterocycles. The van der Waals surface area contributed by atoms with E-state index in [4.69, 9.17) is 0 Å². The first-order valence-corrected chi connectivity index (χ1v) is 7.59. The molecule has 2 N–H and O–H groups in total. The Labute approximate surface area is 139 Å². The Kier molecular flexibility index (Phi) is 4.29. The lowest BCUT2D eigenvalue weighted by Crippen LogP contribution is -2.14. The first-order valence-electron chi connectivity index (χ1n) is 7.59. The van der Waals surface area contributed by atoms with Crippen molar-refractivity contribution in [1.82, 2.24) is 9.55 Å². The van der Waals surface area contributed by atoms with E-state index in [-0.39, 0.29) is 18.2 Å². The highest BCUT2D eigenvalue weighted by atomic mass is 16.2. The highest BCUT2D eigenvalue weighted by Crippen LogP contribution is 2.17. The van der Waals surface area contributed by atoms with Gasteiger partial charge in [-0.15, -0.1) is 0 Å². The zero-order valence-corrected chi connectivity index (χ0v) is 13.5. The first kappa shape index (κ1) is 15.7. The molecule has 2 amide bonds. The maximum Gasteiger partial charge on any atom is 0.228 e. The van der Waals surface area contributed by atoms with Crippen LogP contribution >= 0.6 is 0 Å². The summed E-state index contributed by atoms with van der Waals surface area (Å²) in [5, 5.41) is 5.53. The SMILES string of the molecule is CC(=O)Nc1cccc(NC(=O)Cc2ccc3c(c2)ncn3C)c1. The fraction of sp³-hybridized carbons (Fsp3) is 0.167. The van der Waals surface area contributed by atoms with E-state index >= 15 is 0 Å².